The Morgan fingerprint density at radius 3 is 2.53 bits per heavy atom. The third kappa shape index (κ3) is 6.75. The van der Waals surface area contributed by atoms with E-state index in [9.17, 15) is 20.0 Å². The molecule has 1 unspecified atom stereocenters. The van der Waals surface area contributed by atoms with Gasteiger partial charge in [-0.05, 0) is 61.1 Å². The molecule has 0 aliphatic carbocycles. The Morgan fingerprint density at radius 2 is 1.80 bits per heavy atom. The topological polar surface area (TPSA) is 84.4 Å². The quantitative estimate of drug-likeness (QED) is 0.0702. The lowest BCUT2D eigenvalue weighted by Crippen LogP contribution is -2.34. The van der Waals surface area contributed by atoms with Crippen LogP contribution in [0, 0.1) is 11.3 Å². The molecule has 246 valence electrons. The molecule has 0 radical (unpaired) electrons. The van der Waals surface area contributed by atoms with E-state index >= 15 is 0 Å². The molecule has 2 heterocycles. The molecule has 1 N–H and O–H groups in total. The number of hydrogen-bond donors (Lipinski definition) is 1. The highest BCUT2D eigenvalue weighted by atomic mass is 32.2. The second-order valence-electron chi connectivity index (χ2n) is 12.6. The minimum Gasteiger partial charge on any atom is -0.481 e. The summed E-state index contributed by atoms with van der Waals surface area (Å²) >= 11 is 1.71. The zero-order valence-corrected chi connectivity index (χ0v) is 29.0. The fourth-order valence-electron chi connectivity index (χ4n) is 6.90. The number of hydrogen-bond acceptors (Lipinski definition) is 5. The van der Waals surface area contributed by atoms with E-state index in [0.29, 0.717) is 11.1 Å². The van der Waals surface area contributed by atoms with Crippen LogP contribution in [0.15, 0.2) is 125 Å². The van der Waals surface area contributed by atoms with Crippen LogP contribution < -0.4 is 4.90 Å². The van der Waals surface area contributed by atoms with Crippen molar-refractivity contribution in [1.82, 2.24) is 0 Å². The number of aryl methyl sites for hydroxylation is 1. The van der Waals surface area contributed by atoms with Crippen LogP contribution in [0.4, 0.5) is 11.4 Å². The van der Waals surface area contributed by atoms with E-state index in [1.807, 2.05) is 59.2 Å². The van der Waals surface area contributed by atoms with Crippen LogP contribution in [0.2, 0.25) is 0 Å². The number of rotatable bonds is 12. The van der Waals surface area contributed by atoms with Crippen LogP contribution in [-0.4, -0.2) is 40.2 Å². The van der Waals surface area contributed by atoms with Crippen LogP contribution in [0.25, 0.3) is 10.8 Å². The largest absolute Gasteiger partial charge is 0.481 e. The Kier molecular flexibility index (Phi) is 9.98. The third-order valence-corrected chi connectivity index (χ3v) is 10.5. The molecule has 7 heteroatoms. The average Bonchev–Trinajstić information content (AvgIpc) is 3.59. The number of nitriles is 1. The Morgan fingerprint density at radius 1 is 1.02 bits per heavy atom. The fraction of sp³-hybridized carbons (Fsp3) is 0.238. The minimum absolute atomic E-state index is 0.00378. The van der Waals surface area contributed by atoms with Crippen molar-refractivity contribution in [3.63, 3.8) is 0 Å². The number of ketones is 1. The molecule has 49 heavy (non-hydrogen) atoms. The van der Waals surface area contributed by atoms with E-state index in [2.05, 4.69) is 80.3 Å². The summed E-state index contributed by atoms with van der Waals surface area (Å²) in [6, 6.07) is 30.6. The van der Waals surface area contributed by atoms with E-state index in [1.165, 1.54) is 21.4 Å². The summed E-state index contributed by atoms with van der Waals surface area (Å²) in [5.74, 6) is -0.892. The number of carbonyl (C=O) groups is 2. The van der Waals surface area contributed by atoms with Crippen molar-refractivity contribution in [2.75, 3.05) is 18.0 Å². The number of benzene rings is 4. The molecule has 0 amide bonds. The van der Waals surface area contributed by atoms with Gasteiger partial charge in [0.15, 0.2) is 18.0 Å². The molecule has 4 aromatic rings. The van der Waals surface area contributed by atoms with Crippen molar-refractivity contribution in [3.8, 4) is 6.07 Å². The standard InChI is InChI=1S/C42H39N3O3S/c1-4-24-45-39(49-37-20-18-31-11-9-10-14-33(31)41(37)45)22-17-30(28-43)16-21-38-42(3,27-36(46)32-12-7-6-8-13-32)34-26-29(5-2)15-19-35(34)44(38)25-23-40(47)48/h6-22,26H,4-5,23-25,27H2,1-3H3/p+1. The van der Waals surface area contributed by atoms with E-state index in [4.69, 9.17) is 0 Å². The number of allylic oxidation sites excluding steroid dienone is 5. The summed E-state index contributed by atoms with van der Waals surface area (Å²) in [5.41, 5.74) is 5.38. The molecule has 6 nitrogen and oxygen atoms in total. The Bertz CT molecular complexity index is 2100. The molecule has 1 atom stereocenters. The first-order chi connectivity index (χ1) is 23.8. The van der Waals surface area contributed by atoms with Gasteiger partial charge in [-0.15, -0.1) is 0 Å². The molecule has 0 saturated carbocycles. The highest BCUT2D eigenvalue weighted by molar-refractivity contribution is 8.03. The molecule has 2 aliphatic rings. The third-order valence-electron chi connectivity index (χ3n) is 9.39. The predicted molar refractivity (Wildman–Crippen MR) is 199 cm³/mol. The van der Waals surface area contributed by atoms with Crippen molar-refractivity contribution in [2.45, 2.75) is 56.8 Å². The van der Waals surface area contributed by atoms with Crippen LogP contribution in [-0.2, 0) is 16.6 Å². The minimum atomic E-state index is -0.896. The Labute approximate surface area is 292 Å². The number of carboxylic acids is 1. The zero-order valence-electron chi connectivity index (χ0n) is 28.1. The van der Waals surface area contributed by atoms with Gasteiger partial charge in [-0.1, -0.05) is 92.3 Å². The first-order valence-electron chi connectivity index (χ1n) is 16.8. The molecule has 0 saturated heterocycles. The fourth-order valence-corrected chi connectivity index (χ4v) is 8.01. The number of anilines is 1. The molecule has 0 spiro atoms. The maximum absolute atomic E-state index is 13.8. The summed E-state index contributed by atoms with van der Waals surface area (Å²) in [6.45, 7) is 7.42. The molecule has 6 rings (SSSR count). The smallest absolute Gasteiger partial charge is 0.309 e. The van der Waals surface area contributed by atoms with E-state index in [1.54, 1.807) is 17.8 Å². The molecule has 0 aromatic heterocycles. The number of Topliss-reactive ketones (excluding diaryl/α,β-unsaturated/α-hetero) is 1. The highest BCUT2D eigenvalue weighted by Gasteiger charge is 2.49. The number of aliphatic carboxylic acids is 1. The van der Waals surface area contributed by atoms with Gasteiger partial charge >= 0.3 is 5.97 Å². The van der Waals surface area contributed by atoms with Crippen molar-refractivity contribution >= 4 is 51.4 Å². The van der Waals surface area contributed by atoms with Gasteiger partial charge < -0.3 is 10.0 Å². The van der Waals surface area contributed by atoms with E-state index < -0.39 is 11.4 Å². The lowest BCUT2D eigenvalue weighted by molar-refractivity contribution is -0.436. The Hall–Kier alpha value is -5.19. The van der Waals surface area contributed by atoms with Gasteiger partial charge in [0.2, 0.25) is 5.69 Å². The zero-order chi connectivity index (χ0) is 34.5. The second-order valence-corrected chi connectivity index (χ2v) is 13.7. The number of thioether (sulfide) groups is 1. The molecule has 2 aliphatic heterocycles. The molecular weight excluding hydrogens is 627 g/mol. The van der Waals surface area contributed by atoms with Crippen molar-refractivity contribution in [1.29, 1.82) is 5.26 Å². The van der Waals surface area contributed by atoms with Gasteiger partial charge in [0, 0.05) is 46.5 Å². The Balaban J connectivity index is 1.40. The van der Waals surface area contributed by atoms with Gasteiger partial charge in [-0.25, -0.2) is 0 Å². The highest BCUT2D eigenvalue weighted by Crippen LogP contribution is 2.49. The SMILES string of the molecule is CCCN1/C(=C/C=C(C#N)/C=C/C2=[N+](CCC(=O)O)c3ccc(CC)cc3C2(C)CC(=O)c2ccccc2)Sc2ccc3ccccc3c21. The van der Waals surface area contributed by atoms with Crippen molar-refractivity contribution in [2.24, 2.45) is 0 Å². The second kappa shape index (κ2) is 14.5. The first-order valence-corrected chi connectivity index (χ1v) is 17.6. The summed E-state index contributed by atoms with van der Waals surface area (Å²) in [6.07, 6.45) is 9.50. The number of carbonyl (C=O) groups excluding carboxylic acids is 1. The average molecular weight is 667 g/mol. The summed E-state index contributed by atoms with van der Waals surface area (Å²) in [7, 11) is 0. The van der Waals surface area contributed by atoms with Gasteiger partial charge in [0.05, 0.1) is 27.8 Å². The predicted octanol–water partition coefficient (Wildman–Crippen LogP) is 9.38. The molecule has 0 fully saturated rings. The lowest BCUT2D eigenvalue weighted by Gasteiger charge is -2.22. The first kappa shape index (κ1) is 33.7. The van der Waals surface area contributed by atoms with Crippen molar-refractivity contribution < 1.29 is 19.3 Å². The summed E-state index contributed by atoms with van der Waals surface area (Å²) < 4.78 is 2.02. The molecule has 0 bridgehead atoms. The number of fused-ring (bicyclic) bond motifs is 4. The number of carboxylic acid groups (broad SMARTS) is 1. The number of nitrogens with zero attached hydrogens (tertiary/aromatic N) is 3. The lowest BCUT2D eigenvalue weighted by atomic mass is 9.74. The van der Waals surface area contributed by atoms with Crippen LogP contribution >= 0.6 is 11.8 Å². The molecular formula is C42H40N3O3S+. The van der Waals surface area contributed by atoms with Crippen LogP contribution in [0.3, 0.4) is 0 Å². The maximum atomic E-state index is 13.8. The van der Waals surface area contributed by atoms with Crippen LogP contribution in [0.5, 0.6) is 0 Å². The van der Waals surface area contributed by atoms with E-state index in [-0.39, 0.29) is 25.2 Å². The van der Waals surface area contributed by atoms with E-state index in [0.717, 1.165) is 46.9 Å². The normalized spacial score (nSPS) is 18.0. The van der Waals surface area contributed by atoms with Gasteiger partial charge in [0.1, 0.15) is 6.42 Å². The van der Waals surface area contributed by atoms with Crippen molar-refractivity contribution in [3.05, 3.63) is 137 Å². The van der Waals surface area contributed by atoms with Gasteiger partial charge in [-0.3, -0.25) is 9.59 Å². The van der Waals surface area contributed by atoms with Gasteiger partial charge in [0.25, 0.3) is 0 Å². The molecule has 4 aromatic carbocycles. The van der Waals surface area contributed by atoms with Crippen LogP contribution in [0.1, 0.15) is 61.5 Å². The maximum Gasteiger partial charge on any atom is 0.309 e. The monoisotopic (exact) mass is 666 g/mol. The summed E-state index contributed by atoms with van der Waals surface area (Å²) in [4.78, 5) is 29.1. The van der Waals surface area contributed by atoms with Gasteiger partial charge in [-0.2, -0.15) is 9.84 Å². The summed E-state index contributed by atoms with van der Waals surface area (Å²) in [5, 5.41) is 23.4.